The van der Waals surface area contributed by atoms with Crippen LogP contribution in [0, 0.1) is 11.3 Å². The van der Waals surface area contributed by atoms with Gasteiger partial charge in [0.05, 0.1) is 5.56 Å². The molecule has 0 unspecified atom stereocenters. The van der Waals surface area contributed by atoms with Crippen molar-refractivity contribution in [3.8, 4) is 6.07 Å². The van der Waals surface area contributed by atoms with Crippen LogP contribution in [0.4, 0.5) is 20.4 Å². The summed E-state index contributed by atoms with van der Waals surface area (Å²) in [5, 5.41) is 9.23. The lowest BCUT2D eigenvalue weighted by Crippen LogP contribution is -2.47. The number of anilines is 2. The van der Waals surface area contributed by atoms with E-state index in [4.69, 9.17) is 0 Å². The second-order valence-electron chi connectivity index (χ2n) is 6.54. The number of pyridine rings is 1. The summed E-state index contributed by atoms with van der Waals surface area (Å²) in [5.41, 5.74) is 0.342. The van der Waals surface area contributed by atoms with Gasteiger partial charge in [0.2, 0.25) is 0 Å². The van der Waals surface area contributed by atoms with E-state index in [1.807, 2.05) is 9.80 Å². The van der Waals surface area contributed by atoms with E-state index >= 15 is 0 Å². The molecule has 8 heteroatoms. The molecule has 0 radical (unpaired) electrons. The van der Waals surface area contributed by atoms with Crippen molar-refractivity contribution in [1.82, 2.24) is 15.0 Å². The highest BCUT2D eigenvalue weighted by Crippen LogP contribution is 2.39. The van der Waals surface area contributed by atoms with E-state index < -0.39 is 6.43 Å². The molecule has 1 saturated carbocycles. The van der Waals surface area contributed by atoms with Gasteiger partial charge >= 0.3 is 0 Å². The number of alkyl halides is 2. The quantitative estimate of drug-likeness (QED) is 0.839. The summed E-state index contributed by atoms with van der Waals surface area (Å²) in [4.78, 5) is 16.9. The van der Waals surface area contributed by atoms with Gasteiger partial charge in [0.15, 0.2) is 0 Å². The zero-order valence-electron chi connectivity index (χ0n) is 14.1. The molecule has 6 nitrogen and oxygen atoms in total. The van der Waals surface area contributed by atoms with Crippen LogP contribution in [0.3, 0.4) is 0 Å². The SMILES string of the molecule is N#Cc1cccnc1N1CCN(c2cc(C(F)F)nc(C3CC3)n2)CC1. The zero-order valence-corrected chi connectivity index (χ0v) is 14.1. The summed E-state index contributed by atoms with van der Waals surface area (Å²) in [6.07, 6.45) is 1.01. The van der Waals surface area contributed by atoms with Crippen LogP contribution >= 0.6 is 0 Å². The van der Waals surface area contributed by atoms with E-state index in [1.165, 1.54) is 6.07 Å². The summed E-state index contributed by atoms with van der Waals surface area (Å²) in [5.74, 6) is 2.00. The third kappa shape index (κ3) is 3.29. The number of nitrogens with zero attached hydrogens (tertiary/aromatic N) is 6. The van der Waals surface area contributed by atoms with Crippen LogP contribution in [0.15, 0.2) is 24.4 Å². The predicted molar refractivity (Wildman–Crippen MR) is 92.3 cm³/mol. The fourth-order valence-electron chi connectivity index (χ4n) is 3.15. The van der Waals surface area contributed by atoms with Crippen molar-refractivity contribution in [2.24, 2.45) is 0 Å². The molecule has 2 aliphatic rings. The Morgan fingerprint density at radius 3 is 2.50 bits per heavy atom. The second kappa shape index (κ2) is 6.83. The molecule has 1 aliphatic heterocycles. The van der Waals surface area contributed by atoms with Gasteiger partial charge in [-0.25, -0.2) is 23.7 Å². The summed E-state index contributed by atoms with van der Waals surface area (Å²) in [6.45, 7) is 2.56. The van der Waals surface area contributed by atoms with Crippen molar-refractivity contribution in [3.05, 3.63) is 41.5 Å². The maximum atomic E-state index is 13.2. The van der Waals surface area contributed by atoms with Gasteiger partial charge in [-0.15, -0.1) is 0 Å². The van der Waals surface area contributed by atoms with Crippen molar-refractivity contribution in [3.63, 3.8) is 0 Å². The van der Waals surface area contributed by atoms with E-state index in [0.717, 1.165) is 12.8 Å². The van der Waals surface area contributed by atoms with Gasteiger partial charge in [-0.3, -0.25) is 0 Å². The second-order valence-corrected chi connectivity index (χ2v) is 6.54. The highest BCUT2D eigenvalue weighted by molar-refractivity contribution is 5.55. The monoisotopic (exact) mass is 356 g/mol. The number of halogens is 2. The molecule has 2 aromatic heterocycles. The first-order chi connectivity index (χ1) is 12.7. The van der Waals surface area contributed by atoms with Gasteiger partial charge < -0.3 is 9.80 Å². The van der Waals surface area contributed by atoms with Gasteiger partial charge in [0, 0.05) is 44.4 Å². The average Bonchev–Trinajstić information content (AvgIpc) is 3.53. The number of rotatable bonds is 4. The topological polar surface area (TPSA) is 68.9 Å². The van der Waals surface area contributed by atoms with Gasteiger partial charge in [0.25, 0.3) is 6.43 Å². The first-order valence-electron chi connectivity index (χ1n) is 8.67. The van der Waals surface area contributed by atoms with Crippen LogP contribution in [0.2, 0.25) is 0 Å². The van der Waals surface area contributed by atoms with Crippen LogP contribution in [0.25, 0.3) is 0 Å². The molecule has 4 rings (SSSR count). The Hall–Kier alpha value is -2.82. The number of aromatic nitrogens is 3. The Kier molecular flexibility index (Phi) is 4.37. The van der Waals surface area contributed by atoms with Crippen LogP contribution in [0.1, 0.15) is 42.3 Å². The normalized spacial score (nSPS) is 17.5. The highest BCUT2D eigenvalue weighted by Gasteiger charge is 2.30. The molecular formula is C18H18F2N6. The van der Waals surface area contributed by atoms with Crippen LogP contribution < -0.4 is 9.80 Å². The molecule has 2 aromatic rings. The lowest BCUT2D eigenvalue weighted by molar-refractivity contribution is 0.145. The third-order valence-electron chi connectivity index (χ3n) is 4.73. The van der Waals surface area contributed by atoms with E-state index in [2.05, 4.69) is 21.0 Å². The van der Waals surface area contributed by atoms with Gasteiger partial charge in [0.1, 0.15) is 29.2 Å². The Balaban J connectivity index is 1.52. The molecule has 2 fully saturated rings. The van der Waals surface area contributed by atoms with Crippen molar-refractivity contribution in [1.29, 1.82) is 5.26 Å². The number of piperazine rings is 1. The summed E-state index contributed by atoms with van der Waals surface area (Å²) in [7, 11) is 0. The van der Waals surface area contributed by atoms with Gasteiger partial charge in [-0.05, 0) is 25.0 Å². The smallest absolute Gasteiger partial charge is 0.280 e. The van der Waals surface area contributed by atoms with Crippen molar-refractivity contribution >= 4 is 11.6 Å². The molecule has 0 N–H and O–H groups in total. The molecule has 0 spiro atoms. The minimum atomic E-state index is -2.60. The molecule has 0 aromatic carbocycles. The summed E-state index contributed by atoms with van der Waals surface area (Å²) < 4.78 is 26.4. The van der Waals surface area contributed by atoms with Crippen LogP contribution in [-0.4, -0.2) is 41.1 Å². The largest absolute Gasteiger partial charge is 0.353 e. The number of nitriles is 1. The van der Waals surface area contributed by atoms with E-state index in [0.29, 0.717) is 49.2 Å². The highest BCUT2D eigenvalue weighted by atomic mass is 19.3. The standard InChI is InChI=1S/C18H18F2N6/c19-16(20)14-10-15(24-17(23-14)12-3-4-12)25-6-8-26(9-7-25)18-13(11-21)2-1-5-22-18/h1-2,5,10,12,16H,3-4,6-9H2. The molecule has 26 heavy (non-hydrogen) atoms. The average molecular weight is 356 g/mol. The number of hydrogen-bond donors (Lipinski definition) is 0. The lowest BCUT2D eigenvalue weighted by atomic mass is 10.2. The first-order valence-corrected chi connectivity index (χ1v) is 8.67. The van der Waals surface area contributed by atoms with Crippen molar-refractivity contribution in [2.75, 3.05) is 36.0 Å². The molecule has 1 aliphatic carbocycles. The minimum absolute atomic E-state index is 0.198. The van der Waals surface area contributed by atoms with E-state index in [-0.39, 0.29) is 11.6 Å². The predicted octanol–water partition coefficient (Wildman–Crippen LogP) is 2.88. The van der Waals surface area contributed by atoms with E-state index in [1.54, 1.807) is 18.3 Å². The van der Waals surface area contributed by atoms with E-state index in [9.17, 15) is 14.0 Å². The maximum absolute atomic E-state index is 13.2. The fourth-order valence-corrected chi connectivity index (χ4v) is 3.15. The van der Waals surface area contributed by atoms with Gasteiger partial charge in [-0.2, -0.15) is 5.26 Å². The molecule has 0 bridgehead atoms. The lowest BCUT2D eigenvalue weighted by Gasteiger charge is -2.36. The Morgan fingerprint density at radius 2 is 1.85 bits per heavy atom. The molecule has 0 amide bonds. The Morgan fingerprint density at radius 1 is 1.12 bits per heavy atom. The maximum Gasteiger partial charge on any atom is 0.280 e. The zero-order chi connectivity index (χ0) is 18.1. The molecular weight excluding hydrogens is 338 g/mol. The Labute approximate surface area is 150 Å². The molecule has 1 saturated heterocycles. The minimum Gasteiger partial charge on any atom is -0.353 e. The van der Waals surface area contributed by atoms with Crippen LogP contribution in [0.5, 0.6) is 0 Å². The summed E-state index contributed by atoms with van der Waals surface area (Å²) >= 11 is 0. The molecule has 3 heterocycles. The van der Waals surface area contributed by atoms with Crippen molar-refractivity contribution < 1.29 is 8.78 Å². The first kappa shape index (κ1) is 16.6. The van der Waals surface area contributed by atoms with Crippen LogP contribution in [-0.2, 0) is 0 Å². The summed E-state index contributed by atoms with van der Waals surface area (Å²) in [6, 6.07) is 7.04. The fraction of sp³-hybridized carbons (Fsp3) is 0.444. The Bertz CT molecular complexity index is 818. The number of hydrogen-bond acceptors (Lipinski definition) is 6. The van der Waals surface area contributed by atoms with Crippen molar-refractivity contribution in [2.45, 2.75) is 25.2 Å². The third-order valence-corrected chi connectivity index (χ3v) is 4.73. The molecule has 0 atom stereocenters. The van der Waals surface area contributed by atoms with Gasteiger partial charge in [-0.1, -0.05) is 0 Å². The molecule has 134 valence electrons.